The molecule has 2 aromatic rings. The summed E-state index contributed by atoms with van der Waals surface area (Å²) >= 11 is 12.3. The second-order valence-corrected chi connectivity index (χ2v) is 6.63. The van der Waals surface area contributed by atoms with E-state index in [0.717, 1.165) is 12.8 Å². The van der Waals surface area contributed by atoms with E-state index in [-0.39, 0.29) is 12.4 Å². The number of hydrogen-bond donors (Lipinski definition) is 2. The van der Waals surface area contributed by atoms with E-state index in [9.17, 15) is 0 Å². The molecule has 2 unspecified atom stereocenters. The second-order valence-electron chi connectivity index (χ2n) is 5.81. The van der Waals surface area contributed by atoms with Gasteiger partial charge in [0.05, 0.1) is 10.0 Å². The third-order valence-electron chi connectivity index (χ3n) is 4.58. The predicted octanol–water partition coefficient (Wildman–Crippen LogP) is 5.06. The maximum Gasteiger partial charge on any atom is 0.0595 e. The minimum absolute atomic E-state index is 0. The standard InChI is InChI=1S/C18H20Cl2N2.ClH/c1-22-18-7-5-13(12-3-6-16(19)17(20)9-12)14-4-2-11(10-21)8-15(14)18;/h2-4,6,8-9,13,18,22H,5,7,10,21H2,1H3;1H. The van der Waals surface area contributed by atoms with Crippen molar-refractivity contribution < 1.29 is 0 Å². The lowest BCUT2D eigenvalue weighted by Crippen LogP contribution is -2.24. The first-order chi connectivity index (χ1) is 10.6. The Hall–Kier alpha value is -0.770. The van der Waals surface area contributed by atoms with Gasteiger partial charge in [-0.25, -0.2) is 0 Å². The first-order valence-electron chi connectivity index (χ1n) is 7.59. The van der Waals surface area contributed by atoms with Gasteiger partial charge in [-0.05, 0) is 54.3 Å². The quantitative estimate of drug-likeness (QED) is 0.791. The highest BCUT2D eigenvalue weighted by molar-refractivity contribution is 6.42. The van der Waals surface area contributed by atoms with Gasteiger partial charge in [0.25, 0.3) is 0 Å². The number of benzene rings is 2. The summed E-state index contributed by atoms with van der Waals surface area (Å²) < 4.78 is 0. The van der Waals surface area contributed by atoms with Gasteiger partial charge in [-0.2, -0.15) is 0 Å². The van der Waals surface area contributed by atoms with Crippen molar-refractivity contribution in [3.8, 4) is 0 Å². The molecule has 0 heterocycles. The van der Waals surface area contributed by atoms with Crippen LogP contribution in [0.3, 0.4) is 0 Å². The monoisotopic (exact) mass is 370 g/mol. The third kappa shape index (κ3) is 3.67. The molecule has 2 aromatic carbocycles. The van der Waals surface area contributed by atoms with E-state index < -0.39 is 0 Å². The summed E-state index contributed by atoms with van der Waals surface area (Å²) in [6.07, 6.45) is 2.20. The van der Waals surface area contributed by atoms with Crippen molar-refractivity contribution in [2.75, 3.05) is 7.05 Å². The van der Waals surface area contributed by atoms with Crippen molar-refractivity contribution in [2.45, 2.75) is 31.3 Å². The molecular weight excluding hydrogens is 351 g/mol. The fourth-order valence-corrected chi connectivity index (χ4v) is 3.70. The van der Waals surface area contributed by atoms with Gasteiger partial charge in [0.2, 0.25) is 0 Å². The lowest BCUT2D eigenvalue weighted by atomic mass is 9.76. The number of nitrogens with one attached hydrogen (secondary N) is 1. The smallest absolute Gasteiger partial charge is 0.0595 e. The van der Waals surface area contributed by atoms with E-state index in [1.54, 1.807) is 0 Å². The SMILES string of the molecule is CNC1CCC(c2ccc(Cl)c(Cl)c2)c2ccc(CN)cc21.Cl. The maximum absolute atomic E-state index is 6.20. The van der Waals surface area contributed by atoms with Crippen LogP contribution in [0.4, 0.5) is 0 Å². The van der Waals surface area contributed by atoms with Gasteiger partial charge in [-0.3, -0.25) is 0 Å². The molecule has 0 saturated heterocycles. The number of halogens is 3. The van der Waals surface area contributed by atoms with Crippen molar-refractivity contribution >= 4 is 35.6 Å². The summed E-state index contributed by atoms with van der Waals surface area (Å²) in [5, 5.41) is 4.64. The molecule has 0 amide bonds. The highest BCUT2D eigenvalue weighted by atomic mass is 35.5. The molecule has 0 bridgehead atoms. The molecule has 3 rings (SSSR count). The fourth-order valence-electron chi connectivity index (χ4n) is 3.39. The minimum Gasteiger partial charge on any atom is -0.326 e. The molecule has 124 valence electrons. The molecule has 2 atom stereocenters. The molecule has 1 aliphatic rings. The van der Waals surface area contributed by atoms with Crippen LogP contribution in [0.5, 0.6) is 0 Å². The first-order valence-corrected chi connectivity index (χ1v) is 8.34. The van der Waals surface area contributed by atoms with Crippen molar-refractivity contribution in [2.24, 2.45) is 5.73 Å². The average molecular weight is 372 g/mol. The topological polar surface area (TPSA) is 38.0 Å². The molecule has 1 aliphatic carbocycles. The van der Waals surface area contributed by atoms with Crippen molar-refractivity contribution in [3.05, 3.63) is 68.7 Å². The molecular formula is C18H21Cl3N2. The summed E-state index contributed by atoms with van der Waals surface area (Å²) in [7, 11) is 2.02. The number of fused-ring (bicyclic) bond motifs is 1. The van der Waals surface area contributed by atoms with Crippen LogP contribution in [0.2, 0.25) is 10.0 Å². The summed E-state index contributed by atoms with van der Waals surface area (Å²) in [6.45, 7) is 0.571. The molecule has 0 aromatic heterocycles. The van der Waals surface area contributed by atoms with Gasteiger partial charge in [0.15, 0.2) is 0 Å². The molecule has 2 nitrogen and oxygen atoms in total. The normalized spacial score (nSPS) is 19.8. The minimum atomic E-state index is 0. The summed E-state index contributed by atoms with van der Waals surface area (Å²) in [5.41, 5.74) is 10.9. The Kier molecular flexibility index (Phi) is 6.35. The highest BCUT2D eigenvalue weighted by Crippen LogP contribution is 2.42. The van der Waals surface area contributed by atoms with Crippen LogP contribution in [0, 0.1) is 0 Å². The van der Waals surface area contributed by atoms with Crippen LogP contribution in [-0.2, 0) is 6.54 Å². The second kappa shape index (κ2) is 7.87. The van der Waals surface area contributed by atoms with Gasteiger partial charge in [0, 0.05) is 18.5 Å². The maximum atomic E-state index is 6.20. The van der Waals surface area contributed by atoms with Gasteiger partial charge < -0.3 is 11.1 Å². The molecule has 0 fully saturated rings. The Bertz CT molecular complexity index is 688. The van der Waals surface area contributed by atoms with E-state index in [1.807, 2.05) is 19.2 Å². The lowest BCUT2D eigenvalue weighted by molar-refractivity contribution is 0.470. The largest absolute Gasteiger partial charge is 0.326 e. The van der Waals surface area contributed by atoms with Gasteiger partial charge in [0.1, 0.15) is 0 Å². The molecule has 3 N–H and O–H groups in total. The van der Waals surface area contributed by atoms with Crippen LogP contribution in [0.1, 0.15) is 47.1 Å². The highest BCUT2D eigenvalue weighted by Gasteiger charge is 2.27. The van der Waals surface area contributed by atoms with E-state index >= 15 is 0 Å². The zero-order valence-corrected chi connectivity index (χ0v) is 15.3. The fraction of sp³-hybridized carbons (Fsp3) is 0.333. The van der Waals surface area contributed by atoms with Crippen molar-refractivity contribution in [1.29, 1.82) is 0 Å². The number of rotatable bonds is 3. The third-order valence-corrected chi connectivity index (χ3v) is 5.32. The van der Waals surface area contributed by atoms with E-state index in [4.69, 9.17) is 28.9 Å². The molecule has 0 saturated carbocycles. The van der Waals surface area contributed by atoms with Crippen LogP contribution in [0.15, 0.2) is 36.4 Å². The lowest BCUT2D eigenvalue weighted by Gasteiger charge is -2.32. The summed E-state index contributed by atoms with van der Waals surface area (Å²) in [4.78, 5) is 0. The van der Waals surface area contributed by atoms with Crippen LogP contribution in [0.25, 0.3) is 0 Å². The Labute approximate surface area is 153 Å². The van der Waals surface area contributed by atoms with Crippen LogP contribution in [-0.4, -0.2) is 7.05 Å². The Morgan fingerprint density at radius 3 is 2.48 bits per heavy atom. The predicted molar refractivity (Wildman–Crippen MR) is 101 cm³/mol. The first kappa shape index (κ1) is 18.6. The molecule has 0 radical (unpaired) electrons. The van der Waals surface area contributed by atoms with E-state index in [1.165, 1.54) is 22.3 Å². The Morgan fingerprint density at radius 1 is 1.04 bits per heavy atom. The Morgan fingerprint density at radius 2 is 1.83 bits per heavy atom. The zero-order chi connectivity index (χ0) is 15.7. The van der Waals surface area contributed by atoms with Crippen molar-refractivity contribution in [3.63, 3.8) is 0 Å². The molecule has 23 heavy (non-hydrogen) atoms. The van der Waals surface area contributed by atoms with Crippen LogP contribution < -0.4 is 11.1 Å². The van der Waals surface area contributed by atoms with Crippen molar-refractivity contribution in [1.82, 2.24) is 5.32 Å². The summed E-state index contributed by atoms with van der Waals surface area (Å²) in [5.74, 6) is 0.362. The van der Waals surface area contributed by atoms with Gasteiger partial charge >= 0.3 is 0 Å². The number of nitrogens with two attached hydrogens (primary N) is 1. The molecule has 0 aliphatic heterocycles. The van der Waals surface area contributed by atoms with Gasteiger partial charge in [-0.15, -0.1) is 12.4 Å². The van der Waals surface area contributed by atoms with E-state index in [2.05, 4.69) is 29.6 Å². The zero-order valence-electron chi connectivity index (χ0n) is 13.0. The number of hydrogen-bond acceptors (Lipinski definition) is 2. The Balaban J connectivity index is 0.00000192. The van der Waals surface area contributed by atoms with Crippen LogP contribution >= 0.6 is 35.6 Å². The molecule has 0 spiro atoms. The summed E-state index contributed by atoms with van der Waals surface area (Å²) in [6, 6.07) is 12.9. The average Bonchev–Trinajstić information content (AvgIpc) is 2.55. The molecule has 5 heteroatoms. The van der Waals surface area contributed by atoms with E-state index in [0.29, 0.717) is 28.5 Å². The van der Waals surface area contributed by atoms with Gasteiger partial charge in [-0.1, -0.05) is 47.5 Å².